The van der Waals surface area contributed by atoms with Gasteiger partial charge in [-0.2, -0.15) is 5.10 Å². The number of aromatic nitrogens is 4. The Morgan fingerprint density at radius 1 is 0.818 bits per heavy atom. The number of nitrogens with zero attached hydrogens (tertiary/aromatic N) is 4. The van der Waals surface area contributed by atoms with Crippen LogP contribution in [-0.2, 0) is 0 Å². The van der Waals surface area contributed by atoms with Crippen molar-refractivity contribution < 1.29 is 4.74 Å². The van der Waals surface area contributed by atoms with E-state index in [1.165, 1.54) is 0 Å². The smallest absolute Gasteiger partial charge is 0.321 e. The number of fused-ring (bicyclic) bond motifs is 1. The van der Waals surface area contributed by atoms with Gasteiger partial charge in [-0.1, -0.05) is 24.3 Å². The SMILES string of the molecule is c1ccc(Oc2ncc(-c3ccc4ccnn4c3)cn2)cc1. The quantitative estimate of drug-likeness (QED) is 0.578. The molecule has 0 N–H and O–H groups in total. The van der Waals surface area contributed by atoms with Gasteiger partial charge in [-0.15, -0.1) is 0 Å². The zero-order chi connectivity index (χ0) is 14.8. The summed E-state index contributed by atoms with van der Waals surface area (Å²) in [6, 6.07) is 15.8. The van der Waals surface area contributed by atoms with Gasteiger partial charge < -0.3 is 4.74 Å². The lowest BCUT2D eigenvalue weighted by atomic mass is 10.1. The molecule has 3 heterocycles. The Labute approximate surface area is 126 Å². The highest BCUT2D eigenvalue weighted by molar-refractivity contribution is 5.63. The second-order valence-electron chi connectivity index (χ2n) is 4.79. The lowest BCUT2D eigenvalue weighted by molar-refractivity contribution is 0.442. The van der Waals surface area contributed by atoms with E-state index in [-0.39, 0.29) is 0 Å². The summed E-state index contributed by atoms with van der Waals surface area (Å²) in [6.45, 7) is 0. The van der Waals surface area contributed by atoms with Gasteiger partial charge in [0.15, 0.2) is 0 Å². The van der Waals surface area contributed by atoms with Crippen molar-refractivity contribution in [2.24, 2.45) is 0 Å². The molecule has 106 valence electrons. The minimum Gasteiger partial charge on any atom is -0.424 e. The minimum absolute atomic E-state index is 0.329. The third kappa shape index (κ3) is 2.40. The fourth-order valence-corrected chi connectivity index (χ4v) is 2.20. The molecule has 0 saturated heterocycles. The molecule has 0 fully saturated rings. The Bertz CT molecular complexity index is 901. The average Bonchev–Trinajstić information content (AvgIpc) is 3.04. The van der Waals surface area contributed by atoms with Gasteiger partial charge in [0.25, 0.3) is 0 Å². The molecule has 1 aromatic carbocycles. The van der Waals surface area contributed by atoms with E-state index >= 15 is 0 Å². The van der Waals surface area contributed by atoms with Crippen molar-refractivity contribution in [3.63, 3.8) is 0 Å². The lowest BCUT2D eigenvalue weighted by Gasteiger charge is -2.05. The van der Waals surface area contributed by atoms with Crippen molar-refractivity contribution in [2.75, 3.05) is 0 Å². The monoisotopic (exact) mass is 288 g/mol. The van der Waals surface area contributed by atoms with Crippen LogP contribution in [0.2, 0.25) is 0 Å². The van der Waals surface area contributed by atoms with E-state index in [1.807, 2.05) is 59.2 Å². The van der Waals surface area contributed by atoms with Crippen LogP contribution in [0.25, 0.3) is 16.6 Å². The highest BCUT2D eigenvalue weighted by Crippen LogP contribution is 2.21. The summed E-state index contributed by atoms with van der Waals surface area (Å²) >= 11 is 0. The summed E-state index contributed by atoms with van der Waals surface area (Å²) in [5.41, 5.74) is 2.97. The molecule has 3 aromatic heterocycles. The molecule has 0 radical (unpaired) electrons. The molecule has 5 nitrogen and oxygen atoms in total. The summed E-state index contributed by atoms with van der Waals surface area (Å²) in [5.74, 6) is 0.716. The summed E-state index contributed by atoms with van der Waals surface area (Å²) in [6.07, 6.45) is 7.21. The first-order valence-electron chi connectivity index (χ1n) is 6.87. The molecule has 0 unspecified atom stereocenters. The number of hydrogen-bond acceptors (Lipinski definition) is 4. The number of rotatable bonds is 3. The van der Waals surface area contributed by atoms with Gasteiger partial charge in [0.1, 0.15) is 5.75 Å². The Kier molecular flexibility index (Phi) is 3.01. The standard InChI is InChI=1S/C17H12N4O/c1-2-4-16(5-3-1)22-17-18-10-14(11-19-17)13-6-7-15-8-9-20-21(15)12-13/h1-12H. The summed E-state index contributed by atoms with van der Waals surface area (Å²) in [7, 11) is 0. The van der Waals surface area contributed by atoms with Crippen molar-refractivity contribution in [2.45, 2.75) is 0 Å². The number of hydrogen-bond donors (Lipinski definition) is 0. The van der Waals surface area contributed by atoms with E-state index in [2.05, 4.69) is 15.1 Å². The second-order valence-corrected chi connectivity index (χ2v) is 4.79. The molecular weight excluding hydrogens is 276 g/mol. The maximum atomic E-state index is 5.59. The van der Waals surface area contributed by atoms with Gasteiger partial charge >= 0.3 is 6.01 Å². The third-order valence-electron chi connectivity index (χ3n) is 3.31. The molecule has 4 aromatic rings. The van der Waals surface area contributed by atoms with Gasteiger partial charge in [0.05, 0.1) is 5.52 Å². The fraction of sp³-hybridized carbons (Fsp3) is 0. The molecule has 0 atom stereocenters. The van der Waals surface area contributed by atoms with Gasteiger partial charge in [0, 0.05) is 35.9 Å². The first kappa shape index (κ1) is 12.5. The summed E-state index contributed by atoms with van der Waals surface area (Å²) < 4.78 is 7.41. The topological polar surface area (TPSA) is 52.3 Å². The highest BCUT2D eigenvalue weighted by atomic mass is 16.5. The van der Waals surface area contributed by atoms with E-state index in [9.17, 15) is 0 Å². The average molecular weight is 288 g/mol. The molecule has 0 aliphatic heterocycles. The molecule has 0 saturated carbocycles. The molecule has 0 amide bonds. The van der Waals surface area contributed by atoms with Crippen molar-refractivity contribution in [1.82, 2.24) is 19.6 Å². The molecular formula is C17H12N4O. The molecule has 0 bridgehead atoms. The maximum Gasteiger partial charge on any atom is 0.321 e. The Morgan fingerprint density at radius 2 is 1.64 bits per heavy atom. The minimum atomic E-state index is 0.329. The molecule has 0 spiro atoms. The van der Waals surface area contributed by atoms with Crippen LogP contribution in [0.3, 0.4) is 0 Å². The van der Waals surface area contributed by atoms with Crippen molar-refractivity contribution in [1.29, 1.82) is 0 Å². The first-order valence-corrected chi connectivity index (χ1v) is 6.87. The van der Waals surface area contributed by atoms with Gasteiger partial charge in [0.2, 0.25) is 0 Å². The number of para-hydroxylation sites is 1. The van der Waals surface area contributed by atoms with Crippen molar-refractivity contribution in [3.05, 3.63) is 73.3 Å². The Hall–Kier alpha value is -3.21. The molecule has 0 aliphatic carbocycles. The summed E-state index contributed by atoms with van der Waals surface area (Å²) in [5, 5.41) is 4.23. The highest BCUT2D eigenvalue weighted by Gasteiger charge is 2.04. The molecule has 0 aliphatic rings. The first-order chi connectivity index (χ1) is 10.9. The van der Waals surface area contributed by atoms with Gasteiger partial charge in [-0.25, -0.2) is 14.5 Å². The Morgan fingerprint density at radius 3 is 2.45 bits per heavy atom. The van der Waals surface area contributed by atoms with Crippen LogP contribution in [0.1, 0.15) is 0 Å². The number of ether oxygens (including phenoxy) is 1. The summed E-state index contributed by atoms with van der Waals surface area (Å²) in [4.78, 5) is 8.51. The van der Waals surface area contributed by atoms with E-state index in [1.54, 1.807) is 18.6 Å². The molecule has 22 heavy (non-hydrogen) atoms. The predicted octanol–water partition coefficient (Wildman–Crippen LogP) is 3.58. The third-order valence-corrected chi connectivity index (χ3v) is 3.31. The fourth-order valence-electron chi connectivity index (χ4n) is 2.20. The van der Waals surface area contributed by atoms with Crippen LogP contribution in [-0.4, -0.2) is 19.6 Å². The van der Waals surface area contributed by atoms with Crippen molar-refractivity contribution >= 4 is 5.52 Å². The largest absolute Gasteiger partial charge is 0.424 e. The zero-order valence-electron chi connectivity index (χ0n) is 11.6. The second kappa shape index (κ2) is 5.29. The maximum absolute atomic E-state index is 5.59. The van der Waals surface area contributed by atoms with E-state index < -0.39 is 0 Å². The molecule has 4 rings (SSSR count). The Balaban J connectivity index is 1.61. The van der Waals surface area contributed by atoms with Crippen molar-refractivity contribution in [3.8, 4) is 22.9 Å². The normalized spacial score (nSPS) is 10.7. The number of benzene rings is 1. The zero-order valence-corrected chi connectivity index (χ0v) is 11.6. The van der Waals surface area contributed by atoms with Crippen LogP contribution in [0.5, 0.6) is 11.8 Å². The van der Waals surface area contributed by atoms with Gasteiger partial charge in [-0.3, -0.25) is 0 Å². The lowest BCUT2D eigenvalue weighted by Crippen LogP contribution is -1.93. The molecule has 5 heteroatoms. The van der Waals surface area contributed by atoms with Crippen LogP contribution >= 0.6 is 0 Å². The van der Waals surface area contributed by atoms with Gasteiger partial charge in [-0.05, 0) is 24.3 Å². The van der Waals surface area contributed by atoms with Crippen LogP contribution in [0.15, 0.2) is 73.3 Å². The van der Waals surface area contributed by atoms with E-state index in [0.717, 1.165) is 16.6 Å². The number of pyridine rings is 1. The van der Waals surface area contributed by atoms with Crippen LogP contribution < -0.4 is 4.74 Å². The van der Waals surface area contributed by atoms with Crippen LogP contribution in [0, 0.1) is 0 Å². The van der Waals surface area contributed by atoms with Crippen LogP contribution in [0.4, 0.5) is 0 Å². The van der Waals surface area contributed by atoms with E-state index in [4.69, 9.17) is 4.74 Å². The van der Waals surface area contributed by atoms with E-state index in [0.29, 0.717) is 11.8 Å². The predicted molar refractivity (Wildman–Crippen MR) is 82.7 cm³/mol.